The molecule has 0 atom stereocenters. The van der Waals surface area contributed by atoms with Gasteiger partial charge in [-0.3, -0.25) is 0 Å². The molecule has 2 aromatic rings. The van der Waals surface area contributed by atoms with E-state index in [-0.39, 0.29) is 0 Å². The van der Waals surface area contributed by atoms with Crippen molar-refractivity contribution in [1.82, 2.24) is 20.2 Å². The molecule has 0 spiro atoms. The molecule has 0 aliphatic heterocycles. The maximum absolute atomic E-state index is 13.1. The smallest absolute Gasteiger partial charge is 0.245 e. The Balaban J connectivity index is 2.11. The van der Waals surface area contributed by atoms with Gasteiger partial charge in [-0.15, -0.1) is 0 Å². The van der Waals surface area contributed by atoms with Crippen LogP contribution in [0.15, 0.2) is 18.2 Å². The molecule has 1 aromatic carbocycles. The Labute approximate surface area is 115 Å². The first kappa shape index (κ1) is 14.3. The molecular weight excluding hydrogens is 268 g/mol. The van der Waals surface area contributed by atoms with Crippen molar-refractivity contribution in [2.45, 2.75) is 13.1 Å². The summed E-state index contributed by atoms with van der Waals surface area (Å²) in [6, 6.07) is 3.40. The van der Waals surface area contributed by atoms with Crippen LogP contribution in [0.25, 0.3) is 0 Å². The lowest BCUT2D eigenvalue weighted by atomic mass is 10.2. The zero-order valence-corrected chi connectivity index (χ0v) is 11.3. The summed E-state index contributed by atoms with van der Waals surface area (Å²) in [7, 11) is 3.33. The van der Waals surface area contributed by atoms with E-state index >= 15 is 0 Å². The van der Waals surface area contributed by atoms with Gasteiger partial charge in [0.2, 0.25) is 5.95 Å². The summed E-state index contributed by atoms with van der Waals surface area (Å²) in [4.78, 5) is 1.71. The van der Waals surface area contributed by atoms with E-state index in [4.69, 9.17) is 4.74 Å². The first-order valence-electron chi connectivity index (χ1n) is 6.01. The van der Waals surface area contributed by atoms with Crippen molar-refractivity contribution in [3.63, 3.8) is 0 Å². The molecule has 0 amide bonds. The molecule has 0 N–H and O–H groups in total. The predicted octanol–water partition coefficient (Wildman–Crippen LogP) is 1.23. The van der Waals surface area contributed by atoms with E-state index in [0.717, 1.165) is 6.07 Å². The number of nitrogens with zero attached hydrogens (tertiary/aromatic N) is 5. The van der Waals surface area contributed by atoms with Gasteiger partial charge in [0, 0.05) is 26.8 Å². The molecule has 6 nitrogen and oxygen atoms in total. The highest BCUT2D eigenvalue weighted by Gasteiger charge is 2.12. The van der Waals surface area contributed by atoms with E-state index in [9.17, 15) is 8.78 Å². The van der Waals surface area contributed by atoms with Crippen LogP contribution in [-0.4, -0.2) is 41.0 Å². The molecule has 0 bridgehead atoms. The van der Waals surface area contributed by atoms with E-state index in [2.05, 4.69) is 15.5 Å². The van der Waals surface area contributed by atoms with Crippen molar-refractivity contribution in [3.05, 3.63) is 35.4 Å². The summed E-state index contributed by atoms with van der Waals surface area (Å²) in [5.41, 5.74) is 0.506. The van der Waals surface area contributed by atoms with Gasteiger partial charge in [-0.1, -0.05) is 5.10 Å². The Morgan fingerprint density at radius 2 is 1.95 bits per heavy atom. The van der Waals surface area contributed by atoms with E-state index in [1.807, 2.05) is 0 Å². The molecule has 0 radical (unpaired) electrons. The number of tetrazole rings is 1. The third-order valence-electron chi connectivity index (χ3n) is 2.70. The zero-order valence-electron chi connectivity index (χ0n) is 11.3. The highest BCUT2D eigenvalue weighted by molar-refractivity contribution is 5.30. The lowest BCUT2D eigenvalue weighted by Crippen LogP contribution is -2.22. The molecule has 2 rings (SSSR count). The van der Waals surface area contributed by atoms with Gasteiger partial charge >= 0.3 is 0 Å². The summed E-state index contributed by atoms with van der Waals surface area (Å²) in [6.07, 6.45) is 0. The van der Waals surface area contributed by atoms with Crippen LogP contribution < -0.4 is 4.90 Å². The fourth-order valence-corrected chi connectivity index (χ4v) is 1.84. The maximum Gasteiger partial charge on any atom is 0.245 e. The van der Waals surface area contributed by atoms with Crippen molar-refractivity contribution in [1.29, 1.82) is 0 Å². The summed E-state index contributed by atoms with van der Waals surface area (Å²) in [5.74, 6) is -0.702. The van der Waals surface area contributed by atoms with Crippen molar-refractivity contribution in [2.24, 2.45) is 0 Å². The maximum atomic E-state index is 13.1. The van der Waals surface area contributed by atoms with Gasteiger partial charge in [0.15, 0.2) is 0 Å². The first-order chi connectivity index (χ1) is 9.60. The average molecular weight is 283 g/mol. The molecule has 20 heavy (non-hydrogen) atoms. The van der Waals surface area contributed by atoms with Crippen LogP contribution in [0.5, 0.6) is 0 Å². The Hall–Kier alpha value is -2.09. The standard InChI is InChI=1S/C12H15F2N5O/c1-18(8-9-5-10(13)7-11(14)6-9)12-15-16-17-19(12)3-4-20-2/h5-7H,3-4,8H2,1-2H3. The third kappa shape index (κ3) is 3.47. The largest absolute Gasteiger partial charge is 0.383 e. The molecular formula is C12H15F2N5O. The lowest BCUT2D eigenvalue weighted by Gasteiger charge is -2.17. The van der Waals surface area contributed by atoms with Crippen LogP contribution in [0.1, 0.15) is 5.56 Å². The molecule has 1 aromatic heterocycles. The van der Waals surface area contributed by atoms with Gasteiger partial charge in [-0.2, -0.15) is 0 Å². The van der Waals surface area contributed by atoms with Crippen LogP contribution in [0.3, 0.4) is 0 Å². The molecule has 8 heteroatoms. The van der Waals surface area contributed by atoms with Crippen LogP contribution in [0.2, 0.25) is 0 Å². The number of benzene rings is 1. The quantitative estimate of drug-likeness (QED) is 0.798. The third-order valence-corrected chi connectivity index (χ3v) is 2.70. The Bertz CT molecular complexity index is 554. The minimum absolute atomic E-state index is 0.294. The second-order valence-electron chi connectivity index (χ2n) is 4.33. The Morgan fingerprint density at radius 3 is 2.60 bits per heavy atom. The molecule has 108 valence electrons. The molecule has 0 saturated heterocycles. The normalized spacial score (nSPS) is 10.8. The second-order valence-corrected chi connectivity index (χ2v) is 4.33. The van der Waals surface area contributed by atoms with Crippen LogP contribution in [0.4, 0.5) is 14.7 Å². The van der Waals surface area contributed by atoms with E-state index in [1.54, 1.807) is 23.7 Å². The minimum atomic E-state index is -0.604. The number of halogens is 2. The fourth-order valence-electron chi connectivity index (χ4n) is 1.84. The molecule has 0 saturated carbocycles. The summed E-state index contributed by atoms with van der Waals surface area (Å²) in [6.45, 7) is 1.27. The first-order valence-corrected chi connectivity index (χ1v) is 6.01. The molecule has 0 aliphatic carbocycles. The van der Waals surface area contributed by atoms with Crippen molar-refractivity contribution in [2.75, 3.05) is 25.7 Å². The van der Waals surface area contributed by atoms with Crippen LogP contribution in [-0.2, 0) is 17.8 Å². The molecule has 1 heterocycles. The average Bonchev–Trinajstić information content (AvgIpc) is 2.83. The lowest BCUT2D eigenvalue weighted by molar-refractivity contribution is 0.183. The van der Waals surface area contributed by atoms with E-state index in [0.29, 0.717) is 31.2 Å². The van der Waals surface area contributed by atoms with Gasteiger partial charge in [0.05, 0.1) is 13.2 Å². The van der Waals surface area contributed by atoms with Crippen molar-refractivity contribution in [3.8, 4) is 0 Å². The number of hydrogen-bond acceptors (Lipinski definition) is 5. The highest BCUT2D eigenvalue weighted by atomic mass is 19.1. The van der Waals surface area contributed by atoms with Crippen molar-refractivity contribution < 1.29 is 13.5 Å². The number of methoxy groups -OCH3 is 1. The number of aromatic nitrogens is 4. The number of ether oxygens (including phenoxy) is 1. The van der Waals surface area contributed by atoms with Gasteiger partial charge in [0.25, 0.3) is 0 Å². The molecule has 0 aliphatic rings. The summed E-state index contributed by atoms with van der Waals surface area (Å²) in [5, 5.41) is 11.3. The van der Waals surface area contributed by atoms with Gasteiger partial charge in [0.1, 0.15) is 11.6 Å². The van der Waals surface area contributed by atoms with E-state index < -0.39 is 11.6 Å². The number of anilines is 1. The van der Waals surface area contributed by atoms with Gasteiger partial charge in [-0.25, -0.2) is 13.5 Å². The highest BCUT2D eigenvalue weighted by Crippen LogP contribution is 2.14. The fraction of sp³-hybridized carbons (Fsp3) is 0.417. The van der Waals surface area contributed by atoms with Gasteiger partial charge in [-0.05, 0) is 28.1 Å². The predicted molar refractivity (Wildman–Crippen MR) is 68.2 cm³/mol. The SMILES string of the molecule is COCCn1nnnc1N(C)Cc1cc(F)cc(F)c1. The summed E-state index contributed by atoms with van der Waals surface area (Å²) >= 11 is 0. The summed E-state index contributed by atoms with van der Waals surface area (Å²) < 4.78 is 32.8. The topological polar surface area (TPSA) is 56.1 Å². The molecule has 0 unspecified atom stereocenters. The van der Waals surface area contributed by atoms with Crippen molar-refractivity contribution >= 4 is 5.95 Å². The minimum Gasteiger partial charge on any atom is -0.383 e. The van der Waals surface area contributed by atoms with Gasteiger partial charge < -0.3 is 9.64 Å². The van der Waals surface area contributed by atoms with E-state index in [1.165, 1.54) is 12.1 Å². The van der Waals surface area contributed by atoms with Crippen LogP contribution >= 0.6 is 0 Å². The van der Waals surface area contributed by atoms with Crippen LogP contribution in [0, 0.1) is 11.6 Å². The zero-order chi connectivity index (χ0) is 14.5. The number of rotatable bonds is 6. The Morgan fingerprint density at radius 1 is 1.25 bits per heavy atom. The second kappa shape index (κ2) is 6.38. The Kier molecular flexibility index (Phi) is 4.57. The molecule has 0 fully saturated rings. The monoisotopic (exact) mass is 283 g/mol. The number of hydrogen-bond donors (Lipinski definition) is 0.